The largest absolute Gasteiger partial charge is 0.358 e. The van der Waals surface area contributed by atoms with Crippen molar-refractivity contribution in [2.24, 2.45) is 0 Å². The molecule has 1 heterocycles. The Labute approximate surface area is 110 Å². The van der Waals surface area contributed by atoms with Gasteiger partial charge in [0.1, 0.15) is 12.1 Å². The van der Waals surface area contributed by atoms with Gasteiger partial charge in [0, 0.05) is 31.4 Å². The molecule has 0 spiro atoms. The number of hydrogen-bond donors (Lipinski definition) is 1. The van der Waals surface area contributed by atoms with Crippen molar-refractivity contribution in [3.63, 3.8) is 0 Å². The number of nitrogens with one attached hydrogen (secondary N) is 1. The van der Waals surface area contributed by atoms with Gasteiger partial charge in [0.2, 0.25) is 0 Å². The molecule has 1 N–H and O–H groups in total. The topological polar surface area (TPSA) is 41.0 Å². The summed E-state index contributed by atoms with van der Waals surface area (Å²) in [6, 6.07) is 0. The molecule has 0 atom stereocenters. The lowest BCUT2D eigenvalue weighted by Gasteiger charge is -2.24. The zero-order chi connectivity index (χ0) is 12.8. The maximum absolute atomic E-state index is 4.48. The maximum Gasteiger partial charge on any atom is 0.135 e. The number of aromatic nitrogens is 2. The minimum absolute atomic E-state index is 1.00. The van der Waals surface area contributed by atoms with Crippen LogP contribution in [-0.4, -0.2) is 36.6 Å². The molecule has 0 saturated carbocycles. The summed E-state index contributed by atoms with van der Waals surface area (Å²) in [4.78, 5) is 11.2. The van der Waals surface area contributed by atoms with Gasteiger partial charge in [-0.15, -0.1) is 0 Å². The lowest BCUT2D eigenvalue weighted by Crippen LogP contribution is -2.31. The summed E-state index contributed by atoms with van der Waals surface area (Å²) in [5.74, 6) is 1.14. The molecular weight excluding hydrogens is 224 g/mol. The van der Waals surface area contributed by atoms with E-state index in [9.17, 15) is 0 Å². The molecule has 0 amide bonds. The van der Waals surface area contributed by atoms with Gasteiger partial charge in [-0.2, -0.15) is 0 Å². The van der Waals surface area contributed by atoms with Crippen LogP contribution >= 0.6 is 0 Å². The third kappa shape index (κ3) is 3.19. The van der Waals surface area contributed by atoms with E-state index in [1.807, 2.05) is 0 Å². The van der Waals surface area contributed by atoms with Crippen LogP contribution in [0.4, 0.5) is 5.82 Å². The highest BCUT2D eigenvalue weighted by Crippen LogP contribution is 2.26. The molecule has 0 aromatic carbocycles. The standard InChI is InChI=1S/C14H24N4/c1-3-8-15-9-10-18(2)14-12-6-4-5-7-13(12)16-11-17-14/h11,15H,3-10H2,1-2H3. The number of fused-ring (bicyclic) bond motifs is 1. The van der Waals surface area contributed by atoms with Gasteiger partial charge in [-0.25, -0.2) is 9.97 Å². The quantitative estimate of drug-likeness (QED) is 0.779. The second-order valence-corrected chi connectivity index (χ2v) is 5.00. The van der Waals surface area contributed by atoms with Gasteiger partial charge < -0.3 is 10.2 Å². The lowest BCUT2D eigenvalue weighted by molar-refractivity contribution is 0.644. The monoisotopic (exact) mass is 248 g/mol. The van der Waals surface area contributed by atoms with Crippen LogP contribution in [0.1, 0.15) is 37.4 Å². The van der Waals surface area contributed by atoms with Crippen molar-refractivity contribution in [3.8, 4) is 0 Å². The predicted molar refractivity (Wildman–Crippen MR) is 75.1 cm³/mol. The molecule has 4 nitrogen and oxygen atoms in total. The Hall–Kier alpha value is -1.16. The van der Waals surface area contributed by atoms with Crippen LogP contribution in [0, 0.1) is 0 Å². The first-order valence-corrected chi connectivity index (χ1v) is 7.07. The molecule has 0 unspecified atom stereocenters. The van der Waals surface area contributed by atoms with Gasteiger partial charge >= 0.3 is 0 Å². The molecule has 1 aliphatic rings. The average molecular weight is 248 g/mol. The van der Waals surface area contributed by atoms with Crippen molar-refractivity contribution in [1.82, 2.24) is 15.3 Å². The summed E-state index contributed by atoms with van der Waals surface area (Å²) in [6.07, 6.45) is 7.70. The summed E-state index contributed by atoms with van der Waals surface area (Å²) in [5, 5.41) is 3.43. The van der Waals surface area contributed by atoms with Gasteiger partial charge in [-0.3, -0.25) is 0 Å². The van der Waals surface area contributed by atoms with E-state index in [1.54, 1.807) is 6.33 Å². The molecule has 18 heavy (non-hydrogen) atoms. The molecule has 1 aromatic rings. The van der Waals surface area contributed by atoms with Crippen molar-refractivity contribution in [2.45, 2.75) is 39.0 Å². The zero-order valence-corrected chi connectivity index (χ0v) is 11.6. The summed E-state index contributed by atoms with van der Waals surface area (Å²) >= 11 is 0. The smallest absolute Gasteiger partial charge is 0.135 e. The summed E-state index contributed by atoms with van der Waals surface area (Å²) < 4.78 is 0. The van der Waals surface area contributed by atoms with Crippen LogP contribution < -0.4 is 10.2 Å². The first-order valence-electron chi connectivity index (χ1n) is 7.07. The fourth-order valence-corrected chi connectivity index (χ4v) is 2.49. The lowest BCUT2D eigenvalue weighted by atomic mass is 9.96. The third-order valence-electron chi connectivity index (χ3n) is 3.51. The Bertz CT molecular complexity index is 378. The van der Waals surface area contributed by atoms with Gasteiger partial charge in [-0.05, 0) is 38.6 Å². The average Bonchev–Trinajstić information content (AvgIpc) is 2.43. The Morgan fingerprint density at radius 3 is 2.89 bits per heavy atom. The van der Waals surface area contributed by atoms with Crippen molar-refractivity contribution < 1.29 is 0 Å². The molecule has 0 fully saturated rings. The molecule has 0 bridgehead atoms. The van der Waals surface area contributed by atoms with Crippen LogP contribution in [0.5, 0.6) is 0 Å². The number of anilines is 1. The predicted octanol–water partition coefficient (Wildman–Crippen LogP) is 1.79. The zero-order valence-electron chi connectivity index (χ0n) is 11.6. The van der Waals surface area contributed by atoms with Crippen LogP contribution in [-0.2, 0) is 12.8 Å². The van der Waals surface area contributed by atoms with Gasteiger partial charge in [0.05, 0.1) is 0 Å². The molecular formula is C14H24N4. The first-order chi connectivity index (χ1) is 8.83. The fourth-order valence-electron chi connectivity index (χ4n) is 2.49. The van der Waals surface area contributed by atoms with Crippen molar-refractivity contribution in [2.75, 3.05) is 31.6 Å². The molecule has 0 radical (unpaired) electrons. The molecule has 1 aliphatic carbocycles. The van der Waals surface area contributed by atoms with Gasteiger partial charge in [0.15, 0.2) is 0 Å². The number of likely N-dealkylation sites (N-methyl/N-ethyl adjacent to an activating group) is 1. The number of aryl methyl sites for hydroxylation is 1. The van der Waals surface area contributed by atoms with E-state index < -0.39 is 0 Å². The Morgan fingerprint density at radius 2 is 2.06 bits per heavy atom. The van der Waals surface area contributed by atoms with E-state index in [-0.39, 0.29) is 0 Å². The van der Waals surface area contributed by atoms with Crippen LogP contribution in [0.25, 0.3) is 0 Å². The minimum Gasteiger partial charge on any atom is -0.358 e. The van der Waals surface area contributed by atoms with E-state index in [1.165, 1.54) is 30.5 Å². The maximum atomic E-state index is 4.48. The van der Waals surface area contributed by atoms with Gasteiger partial charge in [0.25, 0.3) is 0 Å². The highest BCUT2D eigenvalue weighted by atomic mass is 15.2. The summed E-state index contributed by atoms with van der Waals surface area (Å²) in [5.41, 5.74) is 2.64. The minimum atomic E-state index is 1.00. The normalized spacial score (nSPS) is 14.3. The Kier molecular flexibility index (Phi) is 4.93. The first kappa shape index (κ1) is 13.3. The van der Waals surface area contributed by atoms with Gasteiger partial charge in [-0.1, -0.05) is 6.92 Å². The Morgan fingerprint density at radius 1 is 1.22 bits per heavy atom. The van der Waals surface area contributed by atoms with E-state index in [4.69, 9.17) is 0 Å². The fraction of sp³-hybridized carbons (Fsp3) is 0.714. The number of rotatable bonds is 6. The van der Waals surface area contributed by atoms with E-state index in [0.29, 0.717) is 0 Å². The van der Waals surface area contributed by atoms with Crippen molar-refractivity contribution >= 4 is 5.82 Å². The van der Waals surface area contributed by atoms with Crippen molar-refractivity contribution in [1.29, 1.82) is 0 Å². The molecule has 4 heteroatoms. The van der Waals surface area contributed by atoms with Crippen LogP contribution in [0.3, 0.4) is 0 Å². The Balaban J connectivity index is 1.99. The third-order valence-corrected chi connectivity index (χ3v) is 3.51. The highest BCUT2D eigenvalue weighted by Gasteiger charge is 2.17. The van der Waals surface area contributed by atoms with Crippen molar-refractivity contribution in [3.05, 3.63) is 17.6 Å². The molecule has 1 aromatic heterocycles. The van der Waals surface area contributed by atoms with E-state index in [0.717, 1.165) is 38.3 Å². The van der Waals surface area contributed by atoms with Crippen LogP contribution in [0.2, 0.25) is 0 Å². The van der Waals surface area contributed by atoms with E-state index in [2.05, 4.69) is 34.2 Å². The molecule has 0 saturated heterocycles. The number of hydrogen-bond acceptors (Lipinski definition) is 4. The second-order valence-electron chi connectivity index (χ2n) is 5.00. The molecule has 2 rings (SSSR count). The number of nitrogens with zero attached hydrogens (tertiary/aromatic N) is 3. The SMILES string of the molecule is CCCNCCN(C)c1ncnc2c1CCCC2. The van der Waals surface area contributed by atoms with E-state index >= 15 is 0 Å². The molecule has 100 valence electrons. The summed E-state index contributed by atoms with van der Waals surface area (Å²) in [7, 11) is 2.13. The second kappa shape index (κ2) is 6.69. The highest BCUT2D eigenvalue weighted by molar-refractivity contribution is 5.48. The summed E-state index contributed by atoms with van der Waals surface area (Å²) in [6.45, 7) is 5.31. The molecule has 0 aliphatic heterocycles. The van der Waals surface area contributed by atoms with Crippen LogP contribution in [0.15, 0.2) is 6.33 Å².